The van der Waals surface area contributed by atoms with E-state index in [1.54, 1.807) is 12.4 Å². The van der Waals surface area contributed by atoms with E-state index in [0.29, 0.717) is 13.1 Å². The summed E-state index contributed by atoms with van der Waals surface area (Å²) < 4.78 is 5.25. The Hall–Kier alpha value is -1.53. The van der Waals surface area contributed by atoms with Crippen molar-refractivity contribution in [2.24, 2.45) is 0 Å². The molecule has 1 fully saturated rings. The van der Waals surface area contributed by atoms with Gasteiger partial charge in [0.1, 0.15) is 0 Å². The van der Waals surface area contributed by atoms with Gasteiger partial charge in [-0.05, 0) is 19.8 Å². The van der Waals surface area contributed by atoms with Gasteiger partial charge in [0.25, 0.3) is 0 Å². The number of carbonyl (C=O) groups excluding carboxylic acids is 1. The molecule has 1 aliphatic rings. The van der Waals surface area contributed by atoms with Crippen LogP contribution in [-0.4, -0.2) is 41.7 Å². The minimum absolute atomic E-state index is 0.0203. The Balaban J connectivity index is 1.64. The largest absolute Gasteiger partial charge is 0.381 e. The second kappa shape index (κ2) is 7.16. The van der Waals surface area contributed by atoms with Crippen molar-refractivity contribution in [3.05, 3.63) is 23.8 Å². The zero-order valence-electron chi connectivity index (χ0n) is 11.2. The number of ether oxygens (including phenoxy) is 1. The molecule has 0 radical (unpaired) electrons. The average Bonchev–Trinajstić information content (AvgIpc) is 2.42. The molecule has 19 heavy (non-hydrogen) atoms. The lowest BCUT2D eigenvalue weighted by Gasteiger charge is -2.23. The zero-order chi connectivity index (χ0) is 13.5. The highest BCUT2D eigenvalue weighted by atomic mass is 16.5. The molecule has 1 aromatic heterocycles. The van der Waals surface area contributed by atoms with Crippen LogP contribution < -0.4 is 10.6 Å². The number of aromatic nitrogens is 2. The van der Waals surface area contributed by atoms with Crippen molar-refractivity contribution in [2.75, 3.05) is 19.8 Å². The minimum Gasteiger partial charge on any atom is -0.381 e. The highest BCUT2D eigenvalue weighted by molar-refractivity contribution is 5.78. The van der Waals surface area contributed by atoms with Gasteiger partial charge in [-0.3, -0.25) is 14.8 Å². The molecule has 0 aromatic carbocycles. The average molecular weight is 264 g/mol. The monoisotopic (exact) mass is 264 g/mol. The fraction of sp³-hybridized carbons (Fsp3) is 0.615. The van der Waals surface area contributed by atoms with E-state index >= 15 is 0 Å². The maximum atomic E-state index is 11.7. The van der Waals surface area contributed by atoms with Gasteiger partial charge in [-0.15, -0.1) is 0 Å². The molecule has 2 rings (SSSR count). The van der Waals surface area contributed by atoms with E-state index in [4.69, 9.17) is 4.74 Å². The maximum absolute atomic E-state index is 11.7. The highest BCUT2D eigenvalue weighted by Gasteiger charge is 2.15. The van der Waals surface area contributed by atoms with Crippen molar-refractivity contribution in [1.29, 1.82) is 0 Å². The Morgan fingerprint density at radius 3 is 2.84 bits per heavy atom. The van der Waals surface area contributed by atoms with E-state index in [9.17, 15) is 4.79 Å². The first kappa shape index (κ1) is 13.9. The molecule has 0 unspecified atom stereocenters. The second-order valence-corrected chi connectivity index (χ2v) is 4.71. The molecule has 0 spiro atoms. The second-order valence-electron chi connectivity index (χ2n) is 4.71. The highest BCUT2D eigenvalue weighted by Crippen LogP contribution is 2.05. The molecule has 1 amide bonds. The van der Waals surface area contributed by atoms with Crippen LogP contribution in [0.5, 0.6) is 0 Å². The van der Waals surface area contributed by atoms with Gasteiger partial charge in [0, 0.05) is 38.2 Å². The molecular formula is C13H20N4O2. The van der Waals surface area contributed by atoms with E-state index in [0.717, 1.165) is 37.4 Å². The minimum atomic E-state index is 0.0203. The Labute approximate surface area is 113 Å². The lowest BCUT2D eigenvalue weighted by Crippen LogP contribution is -2.42. The van der Waals surface area contributed by atoms with Crippen LogP contribution in [0.1, 0.15) is 24.2 Å². The van der Waals surface area contributed by atoms with E-state index in [-0.39, 0.29) is 11.9 Å². The number of nitrogens with zero attached hydrogens (tertiary/aromatic N) is 2. The Morgan fingerprint density at radius 1 is 1.37 bits per heavy atom. The summed E-state index contributed by atoms with van der Waals surface area (Å²) in [7, 11) is 0. The van der Waals surface area contributed by atoms with Gasteiger partial charge in [0.05, 0.1) is 17.9 Å². The number of hydrogen-bond donors (Lipinski definition) is 2. The normalized spacial score (nSPS) is 16.3. The number of amides is 1. The van der Waals surface area contributed by atoms with Crippen LogP contribution in [0, 0.1) is 6.92 Å². The molecule has 0 atom stereocenters. The molecule has 0 aliphatic carbocycles. The fourth-order valence-electron chi connectivity index (χ4n) is 1.94. The van der Waals surface area contributed by atoms with Crippen molar-refractivity contribution >= 4 is 5.91 Å². The summed E-state index contributed by atoms with van der Waals surface area (Å²) >= 11 is 0. The summed E-state index contributed by atoms with van der Waals surface area (Å²) in [6, 6.07) is 0.252. The first-order valence-corrected chi connectivity index (χ1v) is 6.59. The van der Waals surface area contributed by atoms with E-state index in [2.05, 4.69) is 20.6 Å². The van der Waals surface area contributed by atoms with E-state index in [1.807, 2.05) is 6.92 Å². The van der Waals surface area contributed by atoms with Crippen molar-refractivity contribution in [3.8, 4) is 0 Å². The van der Waals surface area contributed by atoms with Crippen LogP contribution in [0.4, 0.5) is 0 Å². The topological polar surface area (TPSA) is 76.1 Å². The maximum Gasteiger partial charge on any atom is 0.234 e. The Kier molecular flexibility index (Phi) is 5.23. The number of aryl methyl sites for hydroxylation is 1. The summed E-state index contributed by atoms with van der Waals surface area (Å²) in [6.07, 6.45) is 5.24. The fourth-order valence-corrected chi connectivity index (χ4v) is 1.94. The van der Waals surface area contributed by atoms with Gasteiger partial charge < -0.3 is 15.4 Å². The Bertz CT molecular complexity index is 402. The van der Waals surface area contributed by atoms with Gasteiger partial charge in [0.2, 0.25) is 5.91 Å². The van der Waals surface area contributed by atoms with Gasteiger partial charge in [0.15, 0.2) is 0 Å². The van der Waals surface area contributed by atoms with Crippen LogP contribution in [0.15, 0.2) is 12.4 Å². The lowest BCUT2D eigenvalue weighted by molar-refractivity contribution is -0.121. The third-order valence-electron chi connectivity index (χ3n) is 3.01. The number of hydrogen-bond acceptors (Lipinski definition) is 5. The summed E-state index contributed by atoms with van der Waals surface area (Å²) in [5.41, 5.74) is 1.73. The molecule has 0 bridgehead atoms. The van der Waals surface area contributed by atoms with Crippen LogP contribution in [0.25, 0.3) is 0 Å². The third-order valence-corrected chi connectivity index (χ3v) is 3.01. The lowest BCUT2D eigenvalue weighted by atomic mass is 10.1. The summed E-state index contributed by atoms with van der Waals surface area (Å²) in [5, 5.41) is 6.06. The predicted molar refractivity (Wildman–Crippen MR) is 70.5 cm³/mol. The summed E-state index contributed by atoms with van der Waals surface area (Å²) in [6.45, 7) is 4.21. The van der Waals surface area contributed by atoms with Crippen LogP contribution >= 0.6 is 0 Å². The van der Waals surface area contributed by atoms with Crippen molar-refractivity contribution in [3.63, 3.8) is 0 Å². The quantitative estimate of drug-likeness (QED) is 0.793. The van der Waals surface area contributed by atoms with Crippen molar-refractivity contribution in [1.82, 2.24) is 20.6 Å². The molecule has 2 heterocycles. The summed E-state index contributed by atoms with van der Waals surface area (Å²) in [5.74, 6) is 0.0203. The molecule has 6 heteroatoms. The standard InChI is InChI=1S/C13H20N4O2/c1-10-6-16-12(8-15-10)7-14-9-13(18)17-11-2-4-19-5-3-11/h6,8,11,14H,2-5,7,9H2,1H3,(H,17,18). The molecule has 2 N–H and O–H groups in total. The molecule has 1 aliphatic heterocycles. The number of rotatable bonds is 5. The SMILES string of the molecule is Cc1cnc(CNCC(=O)NC2CCOCC2)cn1. The number of carbonyl (C=O) groups is 1. The first-order chi connectivity index (χ1) is 9.24. The third kappa shape index (κ3) is 4.92. The van der Waals surface area contributed by atoms with E-state index < -0.39 is 0 Å². The molecule has 1 aromatic rings. The smallest absolute Gasteiger partial charge is 0.234 e. The van der Waals surface area contributed by atoms with Gasteiger partial charge in [-0.1, -0.05) is 0 Å². The molecular weight excluding hydrogens is 244 g/mol. The van der Waals surface area contributed by atoms with Crippen molar-refractivity contribution < 1.29 is 9.53 Å². The molecule has 0 saturated carbocycles. The number of nitrogens with one attached hydrogen (secondary N) is 2. The molecule has 1 saturated heterocycles. The van der Waals surface area contributed by atoms with Crippen molar-refractivity contribution in [2.45, 2.75) is 32.4 Å². The van der Waals surface area contributed by atoms with Crippen LogP contribution in [0.3, 0.4) is 0 Å². The molecule has 6 nitrogen and oxygen atoms in total. The first-order valence-electron chi connectivity index (χ1n) is 6.59. The van der Waals surface area contributed by atoms with Crippen LogP contribution in [0.2, 0.25) is 0 Å². The van der Waals surface area contributed by atoms with Crippen LogP contribution in [-0.2, 0) is 16.1 Å². The van der Waals surface area contributed by atoms with Gasteiger partial charge in [-0.25, -0.2) is 0 Å². The Morgan fingerprint density at radius 2 is 2.16 bits per heavy atom. The van der Waals surface area contributed by atoms with E-state index in [1.165, 1.54) is 0 Å². The van der Waals surface area contributed by atoms with Gasteiger partial charge >= 0.3 is 0 Å². The van der Waals surface area contributed by atoms with Gasteiger partial charge in [-0.2, -0.15) is 0 Å². The zero-order valence-corrected chi connectivity index (χ0v) is 11.2. The predicted octanol–water partition coefficient (Wildman–Crippen LogP) is 0.170. The summed E-state index contributed by atoms with van der Waals surface area (Å²) in [4.78, 5) is 20.1. The molecule has 104 valence electrons.